The Labute approximate surface area is 174 Å². The maximum absolute atomic E-state index is 12.5. The number of piperazine rings is 1. The maximum atomic E-state index is 12.5. The summed E-state index contributed by atoms with van der Waals surface area (Å²) in [4.78, 5) is 40.3. The molecular formula is C21H25N3O6. The Kier molecular flexibility index (Phi) is 6.95. The molecule has 0 atom stereocenters. The van der Waals surface area contributed by atoms with Crippen molar-refractivity contribution in [3.63, 3.8) is 0 Å². The lowest BCUT2D eigenvalue weighted by molar-refractivity contribution is -0.144. The molecule has 1 saturated heterocycles. The number of carbonyl (C=O) groups excluding carboxylic acids is 3. The third kappa shape index (κ3) is 4.91. The van der Waals surface area contributed by atoms with Crippen molar-refractivity contribution in [3.05, 3.63) is 42.4 Å². The van der Waals surface area contributed by atoms with E-state index >= 15 is 0 Å². The number of anilines is 1. The highest BCUT2D eigenvalue weighted by Crippen LogP contribution is 2.30. The Morgan fingerprint density at radius 3 is 2.27 bits per heavy atom. The van der Waals surface area contributed by atoms with E-state index < -0.39 is 11.8 Å². The average Bonchev–Trinajstić information content (AvgIpc) is 3.30. The third-order valence-corrected chi connectivity index (χ3v) is 4.58. The summed E-state index contributed by atoms with van der Waals surface area (Å²) in [6, 6.07) is 8.21. The van der Waals surface area contributed by atoms with Crippen LogP contribution >= 0.6 is 0 Å². The van der Waals surface area contributed by atoms with Gasteiger partial charge in [0.1, 0.15) is 0 Å². The summed E-state index contributed by atoms with van der Waals surface area (Å²) in [7, 11) is 0. The molecule has 1 aliphatic rings. The number of carbonyl (C=O) groups is 3. The minimum Gasteiger partial charge on any atom is -0.490 e. The van der Waals surface area contributed by atoms with Crippen LogP contribution in [-0.2, 0) is 9.59 Å². The minimum atomic E-state index is -0.743. The van der Waals surface area contributed by atoms with Crippen molar-refractivity contribution < 1.29 is 28.3 Å². The molecule has 9 nitrogen and oxygen atoms in total. The minimum absolute atomic E-state index is 0.227. The Balaban J connectivity index is 1.57. The van der Waals surface area contributed by atoms with Gasteiger partial charge >= 0.3 is 11.8 Å². The molecule has 0 unspecified atom stereocenters. The number of amides is 3. The van der Waals surface area contributed by atoms with Crippen LogP contribution in [0.3, 0.4) is 0 Å². The molecule has 1 fully saturated rings. The number of benzene rings is 1. The van der Waals surface area contributed by atoms with Crippen molar-refractivity contribution in [1.29, 1.82) is 0 Å². The molecule has 2 heterocycles. The van der Waals surface area contributed by atoms with Gasteiger partial charge in [-0.25, -0.2) is 0 Å². The van der Waals surface area contributed by atoms with Crippen molar-refractivity contribution >= 4 is 23.4 Å². The molecule has 1 N–H and O–H groups in total. The van der Waals surface area contributed by atoms with Crippen LogP contribution in [0.1, 0.15) is 24.4 Å². The number of nitrogens with zero attached hydrogens (tertiary/aromatic N) is 2. The fourth-order valence-corrected chi connectivity index (χ4v) is 3.13. The average molecular weight is 415 g/mol. The van der Waals surface area contributed by atoms with Gasteiger partial charge in [-0.2, -0.15) is 0 Å². The molecule has 30 heavy (non-hydrogen) atoms. The first-order chi connectivity index (χ1) is 14.5. The van der Waals surface area contributed by atoms with E-state index in [0.29, 0.717) is 43.5 Å². The van der Waals surface area contributed by atoms with E-state index in [1.54, 1.807) is 35.2 Å². The Hall–Kier alpha value is -3.49. The van der Waals surface area contributed by atoms with Crippen LogP contribution in [0.25, 0.3) is 0 Å². The lowest BCUT2D eigenvalue weighted by atomic mass is 10.2. The molecular weight excluding hydrogens is 390 g/mol. The summed E-state index contributed by atoms with van der Waals surface area (Å²) in [5.41, 5.74) is 0.437. The van der Waals surface area contributed by atoms with Gasteiger partial charge < -0.3 is 29.0 Å². The molecule has 0 saturated carbocycles. The fraction of sp³-hybridized carbons (Fsp3) is 0.381. The highest BCUT2D eigenvalue weighted by Gasteiger charge is 2.29. The zero-order valence-corrected chi connectivity index (χ0v) is 17.1. The molecule has 160 valence electrons. The topological polar surface area (TPSA) is 101 Å². The number of hydrogen-bond acceptors (Lipinski definition) is 6. The van der Waals surface area contributed by atoms with E-state index in [1.807, 2.05) is 13.8 Å². The summed E-state index contributed by atoms with van der Waals surface area (Å²) in [5, 5.41) is 2.60. The lowest BCUT2D eigenvalue weighted by Crippen LogP contribution is -2.52. The predicted octanol–water partition coefficient (Wildman–Crippen LogP) is 2.00. The number of furan rings is 1. The van der Waals surface area contributed by atoms with E-state index in [1.165, 1.54) is 11.2 Å². The number of ether oxygens (including phenoxy) is 2. The van der Waals surface area contributed by atoms with E-state index in [4.69, 9.17) is 13.9 Å². The molecule has 9 heteroatoms. The molecule has 1 aromatic heterocycles. The molecule has 3 amide bonds. The summed E-state index contributed by atoms with van der Waals surface area (Å²) in [6.07, 6.45) is 1.44. The Bertz CT molecular complexity index is 888. The van der Waals surface area contributed by atoms with Gasteiger partial charge in [0, 0.05) is 37.9 Å². The summed E-state index contributed by atoms with van der Waals surface area (Å²) in [6.45, 7) is 5.84. The molecule has 1 aromatic carbocycles. The second-order valence-corrected chi connectivity index (χ2v) is 6.54. The van der Waals surface area contributed by atoms with Gasteiger partial charge in [0.15, 0.2) is 17.3 Å². The predicted molar refractivity (Wildman–Crippen MR) is 109 cm³/mol. The zero-order chi connectivity index (χ0) is 21.5. The molecule has 3 rings (SSSR count). The van der Waals surface area contributed by atoms with Crippen LogP contribution in [0, 0.1) is 0 Å². The van der Waals surface area contributed by atoms with Crippen LogP contribution in [0.15, 0.2) is 41.0 Å². The molecule has 1 aliphatic heterocycles. The highest BCUT2D eigenvalue weighted by molar-refractivity contribution is 6.39. The first kappa shape index (κ1) is 21.2. The van der Waals surface area contributed by atoms with Crippen molar-refractivity contribution in [2.45, 2.75) is 13.8 Å². The maximum Gasteiger partial charge on any atom is 0.313 e. The standard InChI is InChI=1S/C21H25N3O6/c1-3-28-16-8-7-15(14-18(16)29-4-2)22-19(25)21(27)24-11-9-23(10-12-24)20(26)17-6-5-13-30-17/h5-8,13-14H,3-4,9-12H2,1-2H3,(H,22,25). The normalized spacial score (nSPS) is 13.7. The lowest BCUT2D eigenvalue weighted by Gasteiger charge is -2.33. The van der Waals surface area contributed by atoms with Gasteiger partial charge in [-0.3, -0.25) is 14.4 Å². The van der Waals surface area contributed by atoms with E-state index in [9.17, 15) is 14.4 Å². The van der Waals surface area contributed by atoms with Gasteiger partial charge in [0.2, 0.25) is 0 Å². The van der Waals surface area contributed by atoms with Crippen molar-refractivity contribution in [3.8, 4) is 11.5 Å². The second-order valence-electron chi connectivity index (χ2n) is 6.54. The molecule has 0 spiro atoms. The smallest absolute Gasteiger partial charge is 0.313 e. The van der Waals surface area contributed by atoms with Crippen molar-refractivity contribution in [2.24, 2.45) is 0 Å². The van der Waals surface area contributed by atoms with Gasteiger partial charge in [-0.15, -0.1) is 0 Å². The summed E-state index contributed by atoms with van der Waals surface area (Å²) < 4.78 is 16.2. The number of rotatable bonds is 6. The quantitative estimate of drug-likeness (QED) is 0.724. The SMILES string of the molecule is CCOc1ccc(NC(=O)C(=O)N2CCN(C(=O)c3ccco3)CC2)cc1OCC. The molecule has 2 aromatic rings. The highest BCUT2D eigenvalue weighted by atomic mass is 16.5. The van der Waals surface area contributed by atoms with Crippen molar-refractivity contribution in [2.75, 3.05) is 44.7 Å². The van der Waals surface area contributed by atoms with E-state index in [0.717, 1.165) is 0 Å². The first-order valence-electron chi connectivity index (χ1n) is 9.86. The van der Waals surface area contributed by atoms with Gasteiger partial charge in [0.05, 0.1) is 19.5 Å². The molecule has 0 radical (unpaired) electrons. The van der Waals surface area contributed by atoms with Crippen LogP contribution in [0.5, 0.6) is 11.5 Å². The van der Waals surface area contributed by atoms with Crippen LogP contribution in [0.2, 0.25) is 0 Å². The summed E-state index contributed by atoms with van der Waals surface area (Å²) >= 11 is 0. The largest absolute Gasteiger partial charge is 0.490 e. The van der Waals surface area contributed by atoms with Crippen molar-refractivity contribution in [1.82, 2.24) is 9.80 Å². The number of hydrogen-bond donors (Lipinski definition) is 1. The monoisotopic (exact) mass is 415 g/mol. The van der Waals surface area contributed by atoms with E-state index in [-0.39, 0.29) is 24.8 Å². The molecule has 0 aliphatic carbocycles. The Morgan fingerprint density at radius 1 is 0.967 bits per heavy atom. The van der Waals surface area contributed by atoms with Crippen LogP contribution in [-0.4, -0.2) is 66.9 Å². The summed E-state index contributed by atoms with van der Waals surface area (Å²) in [5.74, 6) is -0.294. The molecule has 0 bridgehead atoms. The Morgan fingerprint density at radius 2 is 1.63 bits per heavy atom. The van der Waals surface area contributed by atoms with E-state index in [2.05, 4.69) is 5.32 Å². The zero-order valence-electron chi connectivity index (χ0n) is 17.1. The van der Waals surface area contributed by atoms with Crippen LogP contribution in [0.4, 0.5) is 5.69 Å². The third-order valence-electron chi connectivity index (χ3n) is 4.58. The first-order valence-corrected chi connectivity index (χ1v) is 9.86. The van der Waals surface area contributed by atoms with Gasteiger partial charge in [-0.05, 0) is 38.1 Å². The van der Waals surface area contributed by atoms with Crippen LogP contribution < -0.4 is 14.8 Å². The van der Waals surface area contributed by atoms with Gasteiger partial charge in [0.25, 0.3) is 5.91 Å². The number of nitrogens with one attached hydrogen (secondary N) is 1. The fourth-order valence-electron chi connectivity index (χ4n) is 3.13. The van der Waals surface area contributed by atoms with Gasteiger partial charge in [-0.1, -0.05) is 0 Å². The second kappa shape index (κ2) is 9.82.